The van der Waals surface area contributed by atoms with E-state index >= 15 is 0 Å². The van der Waals surface area contributed by atoms with Crippen molar-refractivity contribution in [2.45, 2.75) is 38.9 Å². The summed E-state index contributed by atoms with van der Waals surface area (Å²) in [5.41, 5.74) is 3.56. The Bertz CT molecular complexity index is 1210. The highest BCUT2D eigenvalue weighted by Gasteiger charge is 2.56. The molecule has 0 saturated carbocycles. The minimum Gasteiger partial charge on any atom is -0.487 e. The van der Waals surface area contributed by atoms with E-state index in [-0.39, 0.29) is 28.9 Å². The van der Waals surface area contributed by atoms with Crippen LogP contribution in [0.1, 0.15) is 47.9 Å². The molecule has 2 aromatic carbocycles. The molecule has 1 amide bonds. The second-order valence-electron chi connectivity index (χ2n) is 10.4. The zero-order chi connectivity index (χ0) is 22.8. The third-order valence-corrected chi connectivity index (χ3v) is 7.48. The number of aryl methyl sites for hydroxylation is 1. The van der Waals surface area contributed by atoms with Crippen LogP contribution >= 0.6 is 0 Å². The van der Waals surface area contributed by atoms with Crippen molar-refractivity contribution in [2.75, 3.05) is 19.7 Å². The zero-order valence-corrected chi connectivity index (χ0v) is 19.2. The SMILES string of the molecule is Cc1ccc2c(c1)OC(C)(C)[C@H]1CC3(CO[C@H]21)CN(C(=O)c1cccc(-n2cnnc2)c1)C3. The number of likely N-dealkylation sites (tertiary alicyclic amines) is 1. The van der Waals surface area contributed by atoms with Gasteiger partial charge in [0, 0.05) is 41.2 Å². The molecule has 3 aliphatic heterocycles. The van der Waals surface area contributed by atoms with Gasteiger partial charge in [-0.2, -0.15) is 0 Å². The van der Waals surface area contributed by atoms with Crippen LogP contribution in [0.4, 0.5) is 0 Å². The van der Waals surface area contributed by atoms with E-state index in [0.717, 1.165) is 23.4 Å². The summed E-state index contributed by atoms with van der Waals surface area (Å²) in [6, 6.07) is 14.0. The molecule has 1 aromatic heterocycles. The van der Waals surface area contributed by atoms with Gasteiger partial charge in [0.05, 0.1) is 12.7 Å². The Morgan fingerprint density at radius 1 is 1.09 bits per heavy atom. The lowest BCUT2D eigenvalue weighted by molar-refractivity contribution is -0.191. The molecular formula is C26H28N4O3. The first kappa shape index (κ1) is 20.4. The number of hydrogen-bond acceptors (Lipinski definition) is 5. The maximum Gasteiger partial charge on any atom is 0.253 e. The highest BCUT2D eigenvalue weighted by molar-refractivity contribution is 5.95. The van der Waals surface area contributed by atoms with E-state index in [4.69, 9.17) is 9.47 Å². The van der Waals surface area contributed by atoms with Gasteiger partial charge in [-0.25, -0.2) is 0 Å². The predicted octanol–water partition coefficient (Wildman–Crippen LogP) is 3.97. The number of ether oxygens (including phenoxy) is 2. The molecule has 0 bridgehead atoms. The topological polar surface area (TPSA) is 69.5 Å². The molecule has 3 aliphatic rings. The molecule has 4 heterocycles. The van der Waals surface area contributed by atoms with Crippen molar-refractivity contribution in [1.82, 2.24) is 19.7 Å². The molecule has 0 radical (unpaired) electrons. The van der Waals surface area contributed by atoms with Crippen molar-refractivity contribution in [1.29, 1.82) is 0 Å². The standard InChI is InChI=1S/C26H28N4O3/c1-17-7-8-20-22(9-17)33-25(2,3)21-11-26(14-32-23(20)21)12-29(13-26)24(31)18-5-4-6-19(10-18)30-15-27-28-16-30/h4-10,15-16,21,23H,11-14H2,1-3H3/t21-,23+/m0/s1. The Morgan fingerprint density at radius 3 is 2.67 bits per heavy atom. The Hall–Kier alpha value is -3.19. The summed E-state index contributed by atoms with van der Waals surface area (Å²) in [5.74, 6) is 1.24. The molecule has 0 N–H and O–H groups in total. The van der Waals surface area contributed by atoms with E-state index in [2.05, 4.69) is 49.2 Å². The van der Waals surface area contributed by atoms with Gasteiger partial charge in [-0.15, -0.1) is 10.2 Å². The summed E-state index contributed by atoms with van der Waals surface area (Å²) in [5, 5.41) is 7.70. The number of hydrogen-bond donors (Lipinski definition) is 0. The van der Waals surface area contributed by atoms with Crippen LogP contribution in [0.25, 0.3) is 5.69 Å². The highest BCUT2D eigenvalue weighted by atomic mass is 16.5. The quantitative estimate of drug-likeness (QED) is 0.598. The van der Waals surface area contributed by atoms with Gasteiger partial charge in [0.25, 0.3) is 5.91 Å². The number of rotatable bonds is 2. The summed E-state index contributed by atoms with van der Waals surface area (Å²) >= 11 is 0. The summed E-state index contributed by atoms with van der Waals surface area (Å²) in [4.78, 5) is 15.1. The molecule has 3 aromatic rings. The number of benzene rings is 2. The number of nitrogens with zero attached hydrogens (tertiary/aromatic N) is 4. The van der Waals surface area contributed by atoms with Gasteiger partial charge in [-0.05, 0) is 57.0 Å². The fourth-order valence-corrected chi connectivity index (χ4v) is 5.70. The Morgan fingerprint density at radius 2 is 1.88 bits per heavy atom. The third kappa shape index (κ3) is 3.33. The van der Waals surface area contributed by atoms with Crippen molar-refractivity contribution < 1.29 is 14.3 Å². The van der Waals surface area contributed by atoms with Gasteiger partial charge in [0.15, 0.2) is 0 Å². The molecule has 7 nitrogen and oxygen atoms in total. The van der Waals surface area contributed by atoms with Crippen molar-refractivity contribution in [2.24, 2.45) is 11.3 Å². The highest BCUT2D eigenvalue weighted by Crippen LogP contribution is 2.55. The largest absolute Gasteiger partial charge is 0.487 e. The molecule has 170 valence electrons. The van der Waals surface area contributed by atoms with Gasteiger partial charge in [0.2, 0.25) is 0 Å². The molecule has 33 heavy (non-hydrogen) atoms. The van der Waals surface area contributed by atoms with Gasteiger partial charge in [-0.1, -0.05) is 18.2 Å². The molecule has 0 unspecified atom stereocenters. The van der Waals surface area contributed by atoms with Crippen molar-refractivity contribution >= 4 is 5.91 Å². The number of carbonyl (C=O) groups excluding carboxylic acids is 1. The van der Waals surface area contributed by atoms with Crippen LogP contribution in [0.2, 0.25) is 0 Å². The molecule has 7 heteroatoms. The molecule has 2 fully saturated rings. The Labute approximate surface area is 193 Å². The van der Waals surface area contributed by atoms with Crippen LogP contribution in [-0.4, -0.2) is 50.9 Å². The van der Waals surface area contributed by atoms with E-state index in [1.807, 2.05) is 29.2 Å². The van der Waals surface area contributed by atoms with Crippen LogP contribution in [0.15, 0.2) is 55.1 Å². The van der Waals surface area contributed by atoms with Gasteiger partial charge < -0.3 is 14.4 Å². The maximum atomic E-state index is 13.2. The van der Waals surface area contributed by atoms with Crippen LogP contribution in [0, 0.1) is 18.3 Å². The first-order valence-corrected chi connectivity index (χ1v) is 11.5. The second kappa shape index (κ2) is 7.15. The number of carbonyl (C=O) groups is 1. The second-order valence-corrected chi connectivity index (χ2v) is 10.4. The van der Waals surface area contributed by atoms with Crippen LogP contribution in [0.3, 0.4) is 0 Å². The summed E-state index contributed by atoms with van der Waals surface area (Å²) in [6.45, 7) is 8.50. The lowest BCUT2D eigenvalue weighted by Crippen LogP contribution is -2.65. The lowest BCUT2D eigenvalue weighted by atomic mass is 9.64. The minimum atomic E-state index is -0.323. The van der Waals surface area contributed by atoms with E-state index < -0.39 is 0 Å². The molecular weight excluding hydrogens is 416 g/mol. The van der Waals surface area contributed by atoms with Gasteiger partial charge >= 0.3 is 0 Å². The summed E-state index contributed by atoms with van der Waals surface area (Å²) < 4.78 is 14.8. The van der Waals surface area contributed by atoms with Crippen LogP contribution in [0.5, 0.6) is 5.75 Å². The molecule has 2 atom stereocenters. The Balaban J connectivity index is 1.19. The third-order valence-electron chi connectivity index (χ3n) is 7.48. The smallest absolute Gasteiger partial charge is 0.253 e. The fourth-order valence-electron chi connectivity index (χ4n) is 5.70. The molecule has 6 rings (SSSR count). The van der Waals surface area contributed by atoms with E-state index in [1.54, 1.807) is 17.2 Å². The van der Waals surface area contributed by atoms with Gasteiger partial charge in [0.1, 0.15) is 24.0 Å². The number of amides is 1. The first-order chi connectivity index (χ1) is 15.8. The van der Waals surface area contributed by atoms with Crippen molar-refractivity contribution in [3.05, 3.63) is 71.8 Å². The average Bonchev–Trinajstić information content (AvgIpc) is 3.31. The lowest BCUT2D eigenvalue weighted by Gasteiger charge is -2.58. The minimum absolute atomic E-state index is 0.00840. The van der Waals surface area contributed by atoms with E-state index in [1.165, 1.54) is 5.56 Å². The molecule has 0 aliphatic carbocycles. The molecule has 2 saturated heterocycles. The van der Waals surface area contributed by atoms with Crippen molar-refractivity contribution in [3.8, 4) is 11.4 Å². The first-order valence-electron chi connectivity index (χ1n) is 11.5. The van der Waals surface area contributed by atoms with Crippen LogP contribution in [-0.2, 0) is 4.74 Å². The van der Waals surface area contributed by atoms with Crippen LogP contribution < -0.4 is 4.74 Å². The number of fused-ring (bicyclic) bond motifs is 3. The summed E-state index contributed by atoms with van der Waals surface area (Å²) in [7, 11) is 0. The summed E-state index contributed by atoms with van der Waals surface area (Å²) in [6.07, 6.45) is 4.29. The normalized spacial score (nSPS) is 24.4. The fraction of sp³-hybridized carbons (Fsp3) is 0.423. The Kier molecular flexibility index (Phi) is 4.43. The maximum absolute atomic E-state index is 13.2. The predicted molar refractivity (Wildman–Crippen MR) is 122 cm³/mol. The monoisotopic (exact) mass is 444 g/mol. The van der Waals surface area contributed by atoms with E-state index in [0.29, 0.717) is 25.3 Å². The van der Waals surface area contributed by atoms with Crippen molar-refractivity contribution in [3.63, 3.8) is 0 Å². The average molecular weight is 445 g/mol. The van der Waals surface area contributed by atoms with E-state index in [9.17, 15) is 4.79 Å². The zero-order valence-electron chi connectivity index (χ0n) is 19.2. The number of aromatic nitrogens is 3. The molecule has 1 spiro atoms. The van der Waals surface area contributed by atoms with Gasteiger partial charge in [-0.3, -0.25) is 9.36 Å².